The van der Waals surface area contributed by atoms with Gasteiger partial charge >= 0.3 is 177 Å². The minimum atomic E-state index is -3.16. The van der Waals surface area contributed by atoms with Crippen molar-refractivity contribution in [3.05, 3.63) is 0 Å². The van der Waals surface area contributed by atoms with Crippen molar-refractivity contribution in [1.29, 1.82) is 0 Å². The van der Waals surface area contributed by atoms with E-state index in [1.807, 2.05) is 0 Å². The summed E-state index contributed by atoms with van der Waals surface area (Å²) in [5, 5.41) is 0. The molecule has 0 amide bonds. The van der Waals surface area contributed by atoms with E-state index in [4.69, 9.17) is 0 Å². The summed E-state index contributed by atoms with van der Waals surface area (Å²) in [6.45, 7) is 9.04. The molecule has 2 atom stereocenters. The van der Waals surface area contributed by atoms with Crippen LogP contribution in [0.1, 0.15) is 20.8 Å². The molecule has 2 saturated heterocycles. The van der Waals surface area contributed by atoms with Gasteiger partial charge in [-0.05, 0) is 0 Å². The molecule has 0 bridgehead atoms. The second kappa shape index (κ2) is 5.38. The van der Waals surface area contributed by atoms with Crippen LogP contribution in [0.5, 0.6) is 0 Å². The third-order valence-corrected chi connectivity index (χ3v) is 14.1. The zero-order valence-electron chi connectivity index (χ0n) is 11.3. The summed E-state index contributed by atoms with van der Waals surface area (Å²) in [6, 6.07) is 0.224. The topological polar surface area (TPSA) is 52.6 Å². The van der Waals surface area contributed by atoms with Gasteiger partial charge in [-0.3, -0.25) is 0 Å². The van der Waals surface area contributed by atoms with Gasteiger partial charge in [-0.2, -0.15) is 0 Å². The summed E-state index contributed by atoms with van der Waals surface area (Å²) in [5.74, 6) is 0. The van der Waals surface area contributed by atoms with E-state index in [0.717, 1.165) is 13.1 Å². The van der Waals surface area contributed by atoms with Gasteiger partial charge in [0.25, 0.3) is 0 Å². The van der Waals surface area contributed by atoms with E-state index in [0.29, 0.717) is 62.1 Å². The predicted molar refractivity (Wildman–Crippen MR) is 63.8 cm³/mol. The molecule has 5 nitrogen and oxygen atoms in total. The van der Waals surface area contributed by atoms with E-state index in [1.54, 1.807) is 4.31 Å². The van der Waals surface area contributed by atoms with Crippen LogP contribution in [0, 0.1) is 42.8 Å². The molecule has 0 saturated carbocycles. The Morgan fingerprint density at radius 3 is 2.53 bits per heavy atom. The van der Waals surface area contributed by atoms with E-state index in [2.05, 4.69) is 30.4 Å². The minimum absolute atomic E-state index is 0.0534. The first-order valence-corrected chi connectivity index (χ1v) is 14.1. The van der Waals surface area contributed by atoms with Crippen LogP contribution in [0.15, 0.2) is 0 Å². The first kappa shape index (κ1) is 16.5. The molecule has 0 aromatic rings. The van der Waals surface area contributed by atoms with Crippen LogP contribution >= 0.6 is 0 Å². The van der Waals surface area contributed by atoms with Crippen LogP contribution < -0.4 is 4.72 Å². The van der Waals surface area contributed by atoms with Gasteiger partial charge in [-0.1, -0.05) is 0 Å². The summed E-state index contributed by atoms with van der Waals surface area (Å²) in [7, 11) is -3.16. The molecule has 2 heterocycles. The van der Waals surface area contributed by atoms with Crippen LogP contribution in [0.4, 0.5) is 0 Å². The van der Waals surface area contributed by atoms with E-state index >= 15 is 0 Å². The Labute approximate surface area is 172 Å². The van der Waals surface area contributed by atoms with E-state index in [-0.39, 0.29) is 48.0 Å². The Morgan fingerprint density at radius 2 is 2.00 bits per heavy atom. The quantitative estimate of drug-likeness (QED) is 0.415. The summed E-state index contributed by atoms with van der Waals surface area (Å²) < 4.78 is 28.8. The monoisotopic (exact) mass is 543 g/mol. The predicted octanol–water partition coefficient (Wildman–Crippen LogP) is -1.28. The van der Waals surface area contributed by atoms with Gasteiger partial charge in [0.15, 0.2) is 0 Å². The molecule has 1 N–H and O–H groups in total. The number of hydrogen-bond donors (Lipinski definition) is 1. The fourth-order valence-electron chi connectivity index (χ4n) is 2.71. The number of nitrogens with one attached hydrogen (secondary N) is 1. The van der Waals surface area contributed by atoms with Crippen molar-refractivity contribution in [3.63, 3.8) is 0 Å². The van der Waals surface area contributed by atoms with Crippen LogP contribution in [0.25, 0.3) is 0 Å². The van der Waals surface area contributed by atoms with Gasteiger partial charge < -0.3 is 0 Å². The molecule has 0 aromatic heterocycles. The molecule has 2 rings (SSSR count). The Hall–Kier alpha value is 3.10. The van der Waals surface area contributed by atoms with Crippen LogP contribution in [-0.4, -0.2) is 98.0 Å². The van der Waals surface area contributed by atoms with Crippen molar-refractivity contribution >= 4 is 65.7 Å². The Balaban J connectivity index is 2.26. The standard InChI is InChI=1S/C9H17N3O2S.Ra.Rb.H/c1-9(2,3)11-4-5-12-8(7-11)6-10-15(12,13)14;;;/h8,10H,4-5,7H2,1-3H3;;;. The number of hydrogen-bond acceptors (Lipinski definition) is 3. The van der Waals surface area contributed by atoms with Crippen LogP contribution in [0.2, 0.25) is 0 Å². The summed E-state index contributed by atoms with van der Waals surface area (Å²) in [4.78, 5) is 2.43. The third-order valence-electron chi connectivity index (χ3n) is 3.81. The van der Waals surface area contributed by atoms with Crippen molar-refractivity contribution < 1.29 is 51.2 Å². The average molecular weight is 544 g/mol. The van der Waals surface area contributed by atoms with Crippen molar-refractivity contribution in [1.82, 2.24) is 13.9 Å². The van der Waals surface area contributed by atoms with Crippen molar-refractivity contribution in [3.8, 4) is 0 Å². The normalized spacial score (nSPS) is 39.2. The van der Waals surface area contributed by atoms with Gasteiger partial charge in [-0.25, -0.2) is 0 Å². The number of fused-ring (bicyclic) bond motifs is 1. The number of nitrogens with zero attached hydrogens (tertiary/aromatic N) is 2. The van der Waals surface area contributed by atoms with Crippen molar-refractivity contribution in [2.24, 2.45) is 0 Å². The molecule has 17 heavy (non-hydrogen) atoms. The SMILES string of the molecule is CC(C)(C)N1CCN2C(C1)[C]([Rb])([RaH])NS2(=O)=O. The second-order valence-electron chi connectivity index (χ2n) is 6.57. The van der Waals surface area contributed by atoms with Crippen LogP contribution in [0.3, 0.4) is 0 Å². The summed E-state index contributed by atoms with van der Waals surface area (Å²) in [5.41, 5.74) is 0.141. The van der Waals surface area contributed by atoms with E-state index < -0.39 is 10.2 Å². The van der Waals surface area contributed by atoms with Gasteiger partial charge in [0.2, 0.25) is 0 Å². The van der Waals surface area contributed by atoms with Crippen molar-refractivity contribution in [2.45, 2.75) is 26.0 Å². The third kappa shape index (κ3) is 3.47. The second-order valence-corrected chi connectivity index (χ2v) is 42.0. The maximum atomic E-state index is 12.0. The molecule has 0 aromatic carbocycles. The van der Waals surface area contributed by atoms with E-state index in [9.17, 15) is 8.42 Å². The van der Waals surface area contributed by atoms with Gasteiger partial charge in [0.1, 0.15) is 0 Å². The first-order chi connectivity index (χ1) is 7.54. The molecule has 90 valence electrons. The molecular formula is C9H18N3O2RaRbS. The van der Waals surface area contributed by atoms with Gasteiger partial charge in [0, 0.05) is 0 Å². The maximum absolute atomic E-state index is 12.0. The Morgan fingerprint density at radius 1 is 1.41 bits per heavy atom. The molecule has 2 unspecified atom stereocenters. The molecule has 0 aliphatic carbocycles. The zero-order valence-corrected chi connectivity index (χ0v) is 25.3. The first-order valence-electron chi connectivity index (χ1n) is 6.10. The molecular weight excluding hydrogens is 526 g/mol. The van der Waals surface area contributed by atoms with E-state index in [1.165, 1.54) is 0 Å². The molecule has 2 fully saturated rings. The molecule has 0 spiro atoms. The van der Waals surface area contributed by atoms with Crippen molar-refractivity contribution in [2.75, 3.05) is 19.6 Å². The number of rotatable bonds is 0. The molecule has 2 aliphatic rings. The number of piperazine rings is 1. The Kier molecular flexibility index (Phi) is 5.22. The Bertz CT molecular complexity index is 420. The van der Waals surface area contributed by atoms with Crippen LogP contribution in [-0.2, 0) is 10.2 Å². The van der Waals surface area contributed by atoms with Gasteiger partial charge in [-0.15, -0.1) is 0 Å². The average Bonchev–Trinajstić information content (AvgIpc) is 2.31. The molecule has 0 radical (unpaired) electrons. The zero-order chi connectivity index (χ0) is 13.1. The fraction of sp³-hybridized carbons (Fsp3) is 1.00. The molecule has 2 aliphatic heterocycles. The molecule has 8 heteroatoms. The fourth-order valence-corrected chi connectivity index (χ4v) is 14.2. The summed E-state index contributed by atoms with van der Waals surface area (Å²) in [6.07, 6.45) is 0. The van der Waals surface area contributed by atoms with Gasteiger partial charge in [0.05, 0.1) is 0 Å². The summed E-state index contributed by atoms with van der Waals surface area (Å²) >= 11 is 0.514.